The molecule has 1 aliphatic carbocycles. The van der Waals surface area contributed by atoms with E-state index in [0.29, 0.717) is 12.0 Å². The Hall–Kier alpha value is -2.05. The molecule has 1 atom stereocenters. The van der Waals surface area contributed by atoms with Crippen LogP contribution in [0.15, 0.2) is 30.7 Å². The van der Waals surface area contributed by atoms with Gasteiger partial charge in [0.15, 0.2) is 0 Å². The molecule has 2 aliphatic rings. The molecule has 0 spiro atoms. The number of benzene rings is 1. The minimum absolute atomic E-state index is 0.335. The number of ether oxygens (including phenoxy) is 1. The molecule has 1 aromatic heterocycles. The van der Waals surface area contributed by atoms with Gasteiger partial charge in [-0.1, -0.05) is 17.9 Å². The lowest BCUT2D eigenvalue weighted by molar-refractivity contribution is 0.00598. The highest BCUT2D eigenvalue weighted by Crippen LogP contribution is 2.28. The van der Waals surface area contributed by atoms with Crippen LogP contribution in [0.25, 0.3) is 11.3 Å². The van der Waals surface area contributed by atoms with Crippen molar-refractivity contribution in [1.29, 1.82) is 0 Å². The van der Waals surface area contributed by atoms with Crippen LogP contribution in [-0.2, 0) is 11.3 Å². The third-order valence-electron chi connectivity index (χ3n) is 4.82. The van der Waals surface area contributed by atoms with Crippen molar-refractivity contribution in [3.05, 3.63) is 41.9 Å². The zero-order valence-electron chi connectivity index (χ0n) is 14.3. The first-order valence-electron chi connectivity index (χ1n) is 9.04. The van der Waals surface area contributed by atoms with Gasteiger partial charge in [0.05, 0.1) is 18.1 Å². The Morgan fingerprint density at radius 1 is 1.25 bits per heavy atom. The van der Waals surface area contributed by atoms with E-state index in [-0.39, 0.29) is 0 Å². The highest BCUT2D eigenvalue weighted by Gasteiger charge is 2.18. The van der Waals surface area contributed by atoms with Crippen molar-refractivity contribution in [2.75, 3.05) is 6.61 Å². The van der Waals surface area contributed by atoms with Gasteiger partial charge in [-0.05, 0) is 56.7 Å². The molecule has 1 saturated carbocycles. The van der Waals surface area contributed by atoms with Gasteiger partial charge < -0.3 is 9.30 Å². The van der Waals surface area contributed by atoms with Crippen molar-refractivity contribution < 1.29 is 4.74 Å². The number of hydrogen-bond acceptors (Lipinski definition) is 2. The molecule has 2 fully saturated rings. The highest BCUT2D eigenvalue weighted by atomic mass is 16.5. The van der Waals surface area contributed by atoms with Gasteiger partial charge in [-0.3, -0.25) is 0 Å². The van der Waals surface area contributed by atoms with Gasteiger partial charge in [0.1, 0.15) is 0 Å². The van der Waals surface area contributed by atoms with Crippen molar-refractivity contribution in [2.45, 2.75) is 51.7 Å². The number of aromatic nitrogens is 2. The van der Waals surface area contributed by atoms with E-state index in [1.807, 2.05) is 6.33 Å². The summed E-state index contributed by atoms with van der Waals surface area (Å²) in [5.74, 6) is 7.26. The number of hydrogen-bond donors (Lipinski definition) is 0. The first kappa shape index (κ1) is 15.5. The summed E-state index contributed by atoms with van der Waals surface area (Å²) in [6.45, 7) is 3.94. The minimum atomic E-state index is 0.335. The Bertz CT molecular complexity index is 771. The maximum Gasteiger partial charge on any atom is 0.0954 e. The fourth-order valence-electron chi connectivity index (χ4n) is 3.23. The summed E-state index contributed by atoms with van der Waals surface area (Å²) in [7, 11) is 0. The van der Waals surface area contributed by atoms with E-state index < -0.39 is 0 Å². The molecule has 3 nitrogen and oxygen atoms in total. The third-order valence-corrected chi connectivity index (χ3v) is 4.82. The normalized spacial score (nSPS) is 20.5. The fraction of sp³-hybridized carbons (Fsp3) is 0.476. The van der Waals surface area contributed by atoms with Crippen molar-refractivity contribution in [3.8, 4) is 23.1 Å². The molecule has 0 radical (unpaired) electrons. The largest absolute Gasteiger partial charge is 0.376 e. The molecular formula is C21H24N2O. The van der Waals surface area contributed by atoms with Crippen LogP contribution >= 0.6 is 0 Å². The minimum Gasteiger partial charge on any atom is -0.376 e. The summed E-state index contributed by atoms with van der Waals surface area (Å²) < 4.78 is 7.98. The van der Waals surface area contributed by atoms with E-state index in [4.69, 9.17) is 4.74 Å². The zero-order valence-corrected chi connectivity index (χ0v) is 14.3. The number of imidazole rings is 1. The Balaban J connectivity index is 1.48. The predicted octanol–water partition coefficient (Wildman–Crippen LogP) is 4.19. The van der Waals surface area contributed by atoms with E-state index >= 15 is 0 Å². The van der Waals surface area contributed by atoms with Crippen molar-refractivity contribution in [2.24, 2.45) is 5.92 Å². The Morgan fingerprint density at radius 2 is 2.17 bits per heavy atom. The molecule has 4 rings (SSSR count). The average molecular weight is 320 g/mol. The topological polar surface area (TPSA) is 27.1 Å². The van der Waals surface area contributed by atoms with Crippen LogP contribution in [0.5, 0.6) is 0 Å². The van der Waals surface area contributed by atoms with Gasteiger partial charge in [0, 0.05) is 36.4 Å². The summed E-state index contributed by atoms with van der Waals surface area (Å²) in [5, 5.41) is 0. The van der Waals surface area contributed by atoms with Crippen molar-refractivity contribution >= 4 is 0 Å². The Labute approximate surface area is 144 Å². The summed E-state index contributed by atoms with van der Waals surface area (Å²) in [6, 6.07) is 6.44. The van der Waals surface area contributed by atoms with Crippen LogP contribution in [0.2, 0.25) is 0 Å². The molecule has 2 heterocycles. The first-order valence-corrected chi connectivity index (χ1v) is 9.04. The Kier molecular flexibility index (Phi) is 4.40. The van der Waals surface area contributed by atoms with Crippen LogP contribution < -0.4 is 0 Å². The number of rotatable bonds is 3. The van der Waals surface area contributed by atoms with Gasteiger partial charge in [-0.15, -0.1) is 0 Å². The second-order valence-electron chi connectivity index (χ2n) is 7.02. The molecule has 124 valence electrons. The molecule has 0 amide bonds. The SMILES string of the molecule is Cc1cc(C#CC2CC2)ccc1-c1cn(C[C@H]2CCCCO2)cn1. The van der Waals surface area contributed by atoms with Crippen LogP contribution in [0, 0.1) is 24.7 Å². The standard InChI is InChI=1S/C21H24N2O/c1-16-12-18(8-7-17-5-6-17)9-10-20(16)21-14-23(15-22-21)13-19-4-2-3-11-24-19/h9-10,12,14-15,17,19H,2-6,11,13H2,1H3/t19-/m1/s1. The molecule has 3 heteroatoms. The quantitative estimate of drug-likeness (QED) is 0.793. The summed E-state index contributed by atoms with van der Waals surface area (Å²) >= 11 is 0. The molecule has 0 unspecified atom stereocenters. The van der Waals surface area contributed by atoms with Crippen LogP contribution in [0.4, 0.5) is 0 Å². The molecule has 1 aliphatic heterocycles. The number of aryl methyl sites for hydroxylation is 1. The lowest BCUT2D eigenvalue weighted by Crippen LogP contribution is -2.23. The van der Waals surface area contributed by atoms with E-state index in [9.17, 15) is 0 Å². The Morgan fingerprint density at radius 3 is 2.92 bits per heavy atom. The van der Waals surface area contributed by atoms with Gasteiger partial charge in [0.2, 0.25) is 0 Å². The third kappa shape index (κ3) is 3.71. The smallest absolute Gasteiger partial charge is 0.0954 e. The fourth-order valence-corrected chi connectivity index (χ4v) is 3.23. The average Bonchev–Trinajstić information content (AvgIpc) is 3.32. The van der Waals surface area contributed by atoms with E-state index in [1.54, 1.807) is 0 Å². The molecule has 2 aromatic rings. The molecule has 1 aromatic carbocycles. The molecule has 24 heavy (non-hydrogen) atoms. The maximum absolute atomic E-state index is 5.82. The van der Waals surface area contributed by atoms with Crippen LogP contribution in [0.1, 0.15) is 43.2 Å². The molecule has 0 N–H and O–H groups in total. The van der Waals surface area contributed by atoms with Gasteiger partial charge >= 0.3 is 0 Å². The second-order valence-corrected chi connectivity index (χ2v) is 7.02. The lowest BCUT2D eigenvalue weighted by Gasteiger charge is -2.22. The van der Waals surface area contributed by atoms with Crippen LogP contribution in [0.3, 0.4) is 0 Å². The molecular weight excluding hydrogens is 296 g/mol. The monoisotopic (exact) mass is 320 g/mol. The van der Waals surface area contributed by atoms with Gasteiger partial charge in [-0.2, -0.15) is 0 Å². The molecule has 0 bridgehead atoms. The van der Waals surface area contributed by atoms with E-state index in [1.165, 1.54) is 36.8 Å². The van der Waals surface area contributed by atoms with Gasteiger partial charge in [-0.25, -0.2) is 4.98 Å². The summed E-state index contributed by atoms with van der Waals surface area (Å²) in [6.07, 6.45) is 10.6. The van der Waals surface area contributed by atoms with E-state index in [0.717, 1.165) is 30.8 Å². The predicted molar refractivity (Wildman–Crippen MR) is 95.6 cm³/mol. The maximum atomic E-state index is 5.82. The van der Waals surface area contributed by atoms with Gasteiger partial charge in [0.25, 0.3) is 0 Å². The summed E-state index contributed by atoms with van der Waals surface area (Å²) in [5.41, 5.74) is 4.57. The second kappa shape index (κ2) is 6.83. The van der Waals surface area contributed by atoms with Crippen molar-refractivity contribution in [1.82, 2.24) is 9.55 Å². The zero-order chi connectivity index (χ0) is 16.4. The van der Waals surface area contributed by atoms with E-state index in [2.05, 4.69) is 52.7 Å². The van der Waals surface area contributed by atoms with Crippen LogP contribution in [-0.4, -0.2) is 22.3 Å². The number of nitrogens with zero attached hydrogens (tertiary/aromatic N) is 2. The lowest BCUT2D eigenvalue weighted by atomic mass is 10.0. The first-order chi connectivity index (χ1) is 11.8. The van der Waals surface area contributed by atoms with Crippen molar-refractivity contribution in [3.63, 3.8) is 0 Å². The summed E-state index contributed by atoms with van der Waals surface area (Å²) in [4.78, 5) is 4.60. The highest BCUT2D eigenvalue weighted by molar-refractivity contribution is 5.64. The molecule has 1 saturated heterocycles.